The molecule has 0 radical (unpaired) electrons. The highest BCUT2D eigenvalue weighted by molar-refractivity contribution is 5.80. The maximum absolute atomic E-state index is 12.4. The van der Waals surface area contributed by atoms with E-state index in [1.807, 2.05) is 6.92 Å². The third-order valence-corrected chi connectivity index (χ3v) is 6.60. The lowest BCUT2D eigenvalue weighted by atomic mass is 9.51. The Morgan fingerprint density at radius 3 is 2.62 bits per heavy atom. The van der Waals surface area contributed by atoms with Crippen LogP contribution in [-0.4, -0.2) is 39.8 Å². The third kappa shape index (κ3) is 3.94. The number of ether oxygens (including phenoxy) is 1. The molecule has 0 heterocycles. The molecule has 5 heteroatoms. The molecule has 2 rings (SSSR count). The van der Waals surface area contributed by atoms with E-state index in [0.717, 1.165) is 12.0 Å². The zero-order valence-electron chi connectivity index (χ0n) is 16.3. The minimum Gasteiger partial charge on any atom is -0.459 e. The predicted molar refractivity (Wildman–Crippen MR) is 99.2 cm³/mol. The molecule has 7 atom stereocenters. The number of carbonyl (C=O) groups excluding carboxylic acids is 2. The SMILES string of the molecule is C=C[C@@](C)(O)CC(=O)O[C@@H]1[C@H](O)[C@@H](C(=C)C)C[C@@]2(C)[C@@H]1CC(=O)C[C@@H]2C. The van der Waals surface area contributed by atoms with E-state index in [1.54, 1.807) is 0 Å². The Kier molecular flexibility index (Phi) is 5.83. The molecule has 5 nitrogen and oxygen atoms in total. The predicted octanol–water partition coefficient (Wildman–Crippen LogP) is 2.80. The fraction of sp³-hybridized carbons (Fsp3) is 0.714. The number of hydrogen-bond acceptors (Lipinski definition) is 5. The number of rotatable bonds is 5. The summed E-state index contributed by atoms with van der Waals surface area (Å²) in [4.78, 5) is 24.6. The van der Waals surface area contributed by atoms with Crippen molar-refractivity contribution >= 4 is 11.8 Å². The van der Waals surface area contributed by atoms with Gasteiger partial charge in [-0.15, -0.1) is 6.58 Å². The van der Waals surface area contributed by atoms with Crippen molar-refractivity contribution in [2.75, 3.05) is 0 Å². The molecule has 0 amide bonds. The average Bonchev–Trinajstić information content (AvgIpc) is 2.52. The van der Waals surface area contributed by atoms with Gasteiger partial charge in [0.05, 0.1) is 18.1 Å². The highest BCUT2D eigenvalue weighted by atomic mass is 16.6. The lowest BCUT2D eigenvalue weighted by Crippen LogP contribution is -2.58. The van der Waals surface area contributed by atoms with Crippen LogP contribution in [0, 0.1) is 23.2 Å². The first-order valence-corrected chi connectivity index (χ1v) is 9.32. The lowest BCUT2D eigenvalue weighted by Gasteiger charge is -2.55. The highest BCUT2D eigenvalue weighted by Crippen LogP contribution is 2.55. The first kappa shape index (κ1) is 20.8. The van der Waals surface area contributed by atoms with Gasteiger partial charge in [-0.2, -0.15) is 0 Å². The third-order valence-electron chi connectivity index (χ3n) is 6.60. The highest BCUT2D eigenvalue weighted by Gasteiger charge is 2.57. The molecule has 0 unspecified atom stereocenters. The smallest absolute Gasteiger partial charge is 0.309 e. The van der Waals surface area contributed by atoms with Crippen molar-refractivity contribution in [3.05, 3.63) is 24.8 Å². The van der Waals surface area contributed by atoms with Crippen LogP contribution < -0.4 is 0 Å². The van der Waals surface area contributed by atoms with Crippen molar-refractivity contribution in [2.24, 2.45) is 23.2 Å². The molecule has 146 valence electrons. The van der Waals surface area contributed by atoms with Gasteiger partial charge >= 0.3 is 5.97 Å². The Hall–Kier alpha value is -1.46. The van der Waals surface area contributed by atoms with Gasteiger partial charge in [-0.05, 0) is 31.6 Å². The van der Waals surface area contributed by atoms with E-state index < -0.39 is 23.8 Å². The van der Waals surface area contributed by atoms with E-state index >= 15 is 0 Å². The second kappa shape index (κ2) is 7.28. The molecular formula is C21H32O5. The summed E-state index contributed by atoms with van der Waals surface area (Å²) in [5.74, 6) is -0.749. The fourth-order valence-corrected chi connectivity index (χ4v) is 4.58. The molecule has 0 aromatic rings. The van der Waals surface area contributed by atoms with Gasteiger partial charge in [0.15, 0.2) is 0 Å². The van der Waals surface area contributed by atoms with Crippen molar-refractivity contribution in [3.63, 3.8) is 0 Å². The van der Waals surface area contributed by atoms with Gasteiger partial charge in [-0.3, -0.25) is 9.59 Å². The van der Waals surface area contributed by atoms with E-state index in [-0.39, 0.29) is 35.4 Å². The summed E-state index contributed by atoms with van der Waals surface area (Å²) in [5.41, 5.74) is -0.744. The molecule has 2 saturated carbocycles. The quantitative estimate of drug-likeness (QED) is 0.579. The first-order valence-electron chi connectivity index (χ1n) is 9.32. The Morgan fingerprint density at radius 2 is 2.08 bits per heavy atom. The molecule has 0 aliphatic heterocycles. The maximum atomic E-state index is 12.4. The molecule has 0 aromatic carbocycles. The Bertz CT molecular complexity index is 608. The zero-order valence-corrected chi connectivity index (χ0v) is 16.3. The molecular weight excluding hydrogens is 332 g/mol. The summed E-state index contributed by atoms with van der Waals surface area (Å²) in [6.45, 7) is 15.0. The summed E-state index contributed by atoms with van der Waals surface area (Å²) < 4.78 is 5.66. The largest absolute Gasteiger partial charge is 0.459 e. The second-order valence-corrected chi connectivity index (χ2v) is 8.80. The van der Waals surface area contributed by atoms with E-state index in [0.29, 0.717) is 12.8 Å². The first-order chi connectivity index (χ1) is 11.9. The van der Waals surface area contributed by atoms with Crippen LogP contribution in [0.5, 0.6) is 0 Å². The minimum atomic E-state index is -1.37. The standard InChI is InChI=1S/C21H32O5/c1-7-20(5,25)11-17(23)26-19-16-9-14(22)8-13(4)21(16,6)10-15(12(2)3)18(19)24/h7,13,15-16,18-19,24-25H,1-2,8-11H2,3-6H3/t13-,15+,16+,18+,19-,20+,21+/m0/s1. The van der Waals surface area contributed by atoms with E-state index in [4.69, 9.17) is 4.74 Å². The van der Waals surface area contributed by atoms with Gasteiger partial charge in [-0.1, -0.05) is 32.1 Å². The number of Topliss-reactive ketones (excluding diaryl/α,β-unsaturated/α-hetero) is 1. The van der Waals surface area contributed by atoms with Crippen LogP contribution in [0.1, 0.15) is 53.4 Å². The summed E-state index contributed by atoms with van der Waals surface area (Å²) in [6.07, 6.45) is 0.898. The monoisotopic (exact) mass is 364 g/mol. The summed E-state index contributed by atoms with van der Waals surface area (Å²) >= 11 is 0. The van der Waals surface area contributed by atoms with Crippen LogP contribution in [0.25, 0.3) is 0 Å². The van der Waals surface area contributed by atoms with Gasteiger partial charge in [-0.25, -0.2) is 0 Å². The molecule has 2 aliphatic rings. The van der Waals surface area contributed by atoms with Crippen molar-refractivity contribution in [1.29, 1.82) is 0 Å². The van der Waals surface area contributed by atoms with Crippen molar-refractivity contribution in [1.82, 2.24) is 0 Å². The molecule has 0 saturated heterocycles. The molecule has 0 spiro atoms. The average molecular weight is 364 g/mol. The Balaban J connectivity index is 2.32. The summed E-state index contributed by atoms with van der Waals surface area (Å²) in [7, 11) is 0. The Morgan fingerprint density at radius 1 is 1.46 bits per heavy atom. The molecule has 2 N–H and O–H groups in total. The molecule has 2 fully saturated rings. The molecule has 0 bridgehead atoms. The van der Waals surface area contributed by atoms with Gasteiger partial charge in [0.2, 0.25) is 0 Å². The number of ketones is 1. The van der Waals surface area contributed by atoms with Crippen molar-refractivity contribution in [2.45, 2.75) is 71.2 Å². The fourth-order valence-electron chi connectivity index (χ4n) is 4.58. The lowest BCUT2D eigenvalue weighted by molar-refractivity contribution is -0.192. The Labute approximate surface area is 156 Å². The number of hydrogen-bond donors (Lipinski definition) is 2. The normalized spacial score (nSPS) is 39.5. The van der Waals surface area contributed by atoms with Gasteiger partial charge in [0.1, 0.15) is 11.9 Å². The van der Waals surface area contributed by atoms with Crippen molar-refractivity contribution < 1.29 is 24.5 Å². The number of esters is 1. The van der Waals surface area contributed by atoms with Crippen LogP contribution in [0.4, 0.5) is 0 Å². The number of aliphatic hydroxyl groups is 2. The second-order valence-electron chi connectivity index (χ2n) is 8.80. The van der Waals surface area contributed by atoms with Crippen LogP contribution in [-0.2, 0) is 14.3 Å². The number of carbonyl (C=O) groups is 2. The topological polar surface area (TPSA) is 83.8 Å². The van der Waals surface area contributed by atoms with Crippen LogP contribution in [0.15, 0.2) is 24.8 Å². The summed E-state index contributed by atoms with van der Waals surface area (Å²) in [6, 6.07) is 0. The van der Waals surface area contributed by atoms with Gasteiger partial charge in [0.25, 0.3) is 0 Å². The molecule has 0 aromatic heterocycles. The van der Waals surface area contributed by atoms with E-state index in [1.165, 1.54) is 13.0 Å². The summed E-state index contributed by atoms with van der Waals surface area (Å²) in [5, 5.41) is 20.9. The molecule has 26 heavy (non-hydrogen) atoms. The number of aliphatic hydroxyl groups excluding tert-OH is 1. The number of fused-ring (bicyclic) bond motifs is 1. The van der Waals surface area contributed by atoms with Crippen LogP contribution in [0.3, 0.4) is 0 Å². The van der Waals surface area contributed by atoms with Crippen LogP contribution >= 0.6 is 0 Å². The zero-order chi connectivity index (χ0) is 19.9. The molecule has 2 aliphatic carbocycles. The maximum Gasteiger partial charge on any atom is 0.309 e. The van der Waals surface area contributed by atoms with Crippen LogP contribution in [0.2, 0.25) is 0 Å². The minimum absolute atomic E-state index is 0.139. The van der Waals surface area contributed by atoms with Crippen molar-refractivity contribution in [3.8, 4) is 0 Å². The van der Waals surface area contributed by atoms with Gasteiger partial charge in [0, 0.05) is 24.7 Å². The van der Waals surface area contributed by atoms with E-state index in [2.05, 4.69) is 27.0 Å². The van der Waals surface area contributed by atoms with Gasteiger partial charge < -0.3 is 14.9 Å². The van der Waals surface area contributed by atoms with E-state index in [9.17, 15) is 19.8 Å².